The van der Waals surface area contributed by atoms with Gasteiger partial charge in [-0.3, -0.25) is 10.1 Å². The summed E-state index contributed by atoms with van der Waals surface area (Å²) in [6.07, 6.45) is 5.03. The smallest absolute Gasteiger partial charge is 0.272 e. The summed E-state index contributed by atoms with van der Waals surface area (Å²) in [5.41, 5.74) is 0.508. The van der Waals surface area contributed by atoms with E-state index < -0.39 is 4.92 Å². The summed E-state index contributed by atoms with van der Waals surface area (Å²) in [5, 5.41) is 14.6. The van der Waals surface area contributed by atoms with Crippen molar-refractivity contribution < 1.29 is 4.92 Å². The van der Waals surface area contributed by atoms with Gasteiger partial charge in [-0.15, -0.1) is 0 Å². The molecule has 0 bridgehead atoms. The molecule has 0 radical (unpaired) electrons. The monoisotopic (exact) mass is 316 g/mol. The molecule has 0 spiro atoms. The van der Waals surface area contributed by atoms with Gasteiger partial charge in [-0.25, -0.2) is 0 Å². The van der Waals surface area contributed by atoms with Gasteiger partial charge in [0.15, 0.2) is 0 Å². The number of anilines is 1. The van der Waals surface area contributed by atoms with Crippen LogP contribution in [0, 0.1) is 22.0 Å². The molecule has 1 aliphatic rings. The number of non-ortho nitro benzene ring substituents is 1. The molecule has 1 saturated carbocycles. The van der Waals surface area contributed by atoms with Crippen LogP contribution in [0.3, 0.4) is 0 Å². The third-order valence-electron chi connectivity index (χ3n) is 4.07. The molecular formula is C14H18Cl2N2O2. The van der Waals surface area contributed by atoms with E-state index in [0.717, 1.165) is 6.54 Å². The summed E-state index contributed by atoms with van der Waals surface area (Å²) in [6.45, 7) is 3.07. The number of halogens is 2. The Kier molecular flexibility index (Phi) is 5.11. The van der Waals surface area contributed by atoms with Crippen molar-refractivity contribution in [2.45, 2.75) is 32.6 Å². The van der Waals surface area contributed by atoms with Gasteiger partial charge in [-0.1, -0.05) is 49.4 Å². The second-order valence-electron chi connectivity index (χ2n) is 5.44. The maximum atomic E-state index is 10.7. The van der Waals surface area contributed by atoms with Crippen molar-refractivity contribution in [3.63, 3.8) is 0 Å². The van der Waals surface area contributed by atoms with Crippen LogP contribution < -0.4 is 5.32 Å². The second-order valence-corrected chi connectivity index (χ2v) is 6.26. The lowest BCUT2D eigenvalue weighted by Gasteiger charge is -2.29. The predicted octanol–water partition coefficient (Wildman–Crippen LogP) is 5.14. The van der Waals surface area contributed by atoms with Crippen LogP contribution in [0.5, 0.6) is 0 Å². The van der Waals surface area contributed by atoms with E-state index in [9.17, 15) is 10.1 Å². The second kappa shape index (κ2) is 6.64. The van der Waals surface area contributed by atoms with Gasteiger partial charge in [-0.05, 0) is 18.3 Å². The largest absolute Gasteiger partial charge is 0.382 e. The number of nitro groups is 1. The van der Waals surface area contributed by atoms with Crippen LogP contribution in [-0.4, -0.2) is 11.5 Å². The molecule has 0 aliphatic heterocycles. The first-order valence-corrected chi connectivity index (χ1v) is 7.62. The summed E-state index contributed by atoms with van der Waals surface area (Å²) in [5.74, 6) is 1.29. The van der Waals surface area contributed by atoms with Crippen molar-refractivity contribution >= 4 is 34.6 Å². The number of nitrogens with one attached hydrogen (secondary N) is 1. The molecule has 4 nitrogen and oxygen atoms in total. The van der Waals surface area contributed by atoms with Gasteiger partial charge in [0.25, 0.3) is 5.69 Å². The van der Waals surface area contributed by atoms with E-state index in [-0.39, 0.29) is 5.69 Å². The number of hydrogen-bond donors (Lipinski definition) is 1. The third kappa shape index (κ3) is 3.55. The van der Waals surface area contributed by atoms with Crippen LogP contribution in [0.1, 0.15) is 32.6 Å². The standard InChI is InChI=1S/C14H18Cl2N2O2/c1-9-4-2-3-5-10(9)8-17-14-12(15)6-11(18(19)20)7-13(14)16/h6-7,9-10,17H,2-5,8H2,1H3. The highest BCUT2D eigenvalue weighted by molar-refractivity contribution is 6.39. The zero-order chi connectivity index (χ0) is 14.7. The van der Waals surface area contributed by atoms with Gasteiger partial charge in [0.05, 0.1) is 20.7 Å². The molecule has 1 aromatic rings. The van der Waals surface area contributed by atoms with Crippen molar-refractivity contribution in [3.8, 4) is 0 Å². The Morgan fingerprint density at radius 3 is 2.45 bits per heavy atom. The Hall–Kier alpha value is -1.00. The van der Waals surface area contributed by atoms with Gasteiger partial charge in [0, 0.05) is 18.7 Å². The van der Waals surface area contributed by atoms with Crippen LogP contribution >= 0.6 is 23.2 Å². The van der Waals surface area contributed by atoms with Crippen molar-refractivity contribution in [3.05, 3.63) is 32.3 Å². The maximum Gasteiger partial charge on any atom is 0.272 e. The number of nitrogens with zero attached hydrogens (tertiary/aromatic N) is 1. The minimum absolute atomic E-state index is 0.0865. The quantitative estimate of drug-likeness (QED) is 0.618. The Bertz CT molecular complexity index is 485. The van der Waals surface area contributed by atoms with Gasteiger partial charge in [-0.2, -0.15) is 0 Å². The first-order valence-electron chi connectivity index (χ1n) is 6.86. The molecule has 2 rings (SSSR count). The summed E-state index contributed by atoms with van der Waals surface area (Å²) in [7, 11) is 0. The fourth-order valence-corrected chi connectivity index (χ4v) is 3.37. The van der Waals surface area contributed by atoms with Crippen LogP contribution in [0.25, 0.3) is 0 Å². The zero-order valence-corrected chi connectivity index (χ0v) is 12.9. The predicted molar refractivity (Wildman–Crippen MR) is 82.7 cm³/mol. The highest BCUT2D eigenvalue weighted by atomic mass is 35.5. The SMILES string of the molecule is CC1CCCCC1CNc1c(Cl)cc([N+](=O)[O-])cc1Cl. The van der Waals surface area contributed by atoms with Gasteiger partial charge in [0.1, 0.15) is 0 Å². The molecule has 1 fully saturated rings. The van der Waals surface area contributed by atoms with Gasteiger partial charge < -0.3 is 5.32 Å². The Morgan fingerprint density at radius 1 is 1.30 bits per heavy atom. The van der Waals surface area contributed by atoms with Crippen LogP contribution in [0.15, 0.2) is 12.1 Å². The van der Waals surface area contributed by atoms with Gasteiger partial charge in [0.2, 0.25) is 0 Å². The molecule has 1 aliphatic carbocycles. The Balaban J connectivity index is 2.07. The normalized spacial score (nSPS) is 22.6. The fraction of sp³-hybridized carbons (Fsp3) is 0.571. The third-order valence-corrected chi connectivity index (χ3v) is 4.66. The van der Waals surface area contributed by atoms with Gasteiger partial charge >= 0.3 is 0 Å². The highest BCUT2D eigenvalue weighted by Gasteiger charge is 2.22. The summed E-state index contributed by atoms with van der Waals surface area (Å²) < 4.78 is 0. The first kappa shape index (κ1) is 15.4. The minimum Gasteiger partial charge on any atom is -0.382 e. The summed E-state index contributed by atoms with van der Waals surface area (Å²) in [4.78, 5) is 10.2. The van der Waals surface area contributed by atoms with Crippen molar-refractivity contribution in [2.24, 2.45) is 11.8 Å². The van der Waals surface area contributed by atoms with E-state index in [1.807, 2.05) is 0 Å². The zero-order valence-electron chi connectivity index (χ0n) is 11.4. The lowest BCUT2D eigenvalue weighted by atomic mass is 9.80. The Labute approximate surface area is 128 Å². The fourth-order valence-electron chi connectivity index (χ4n) is 2.76. The van der Waals surface area contributed by atoms with Crippen LogP contribution in [0.4, 0.5) is 11.4 Å². The van der Waals surface area contributed by atoms with Crippen molar-refractivity contribution in [1.82, 2.24) is 0 Å². The number of benzene rings is 1. The van der Waals surface area contributed by atoms with Crippen LogP contribution in [0.2, 0.25) is 10.0 Å². The highest BCUT2D eigenvalue weighted by Crippen LogP contribution is 2.36. The van der Waals surface area contributed by atoms with E-state index in [0.29, 0.717) is 27.6 Å². The summed E-state index contributed by atoms with van der Waals surface area (Å²) >= 11 is 12.2. The molecule has 0 heterocycles. The number of nitro benzene ring substituents is 1. The average molecular weight is 317 g/mol. The van der Waals surface area contributed by atoms with E-state index in [4.69, 9.17) is 23.2 Å². The van der Waals surface area contributed by atoms with Crippen molar-refractivity contribution in [2.75, 3.05) is 11.9 Å². The van der Waals surface area contributed by atoms with E-state index >= 15 is 0 Å². The number of rotatable bonds is 4. The van der Waals surface area contributed by atoms with E-state index in [1.54, 1.807) is 0 Å². The molecule has 110 valence electrons. The molecule has 6 heteroatoms. The molecular weight excluding hydrogens is 299 g/mol. The molecule has 2 atom stereocenters. The lowest BCUT2D eigenvalue weighted by molar-refractivity contribution is -0.384. The molecule has 2 unspecified atom stereocenters. The summed E-state index contributed by atoms with van der Waals surface area (Å²) in [6, 6.07) is 2.67. The van der Waals surface area contributed by atoms with Crippen molar-refractivity contribution in [1.29, 1.82) is 0 Å². The minimum atomic E-state index is -0.495. The molecule has 20 heavy (non-hydrogen) atoms. The molecule has 1 N–H and O–H groups in total. The lowest BCUT2D eigenvalue weighted by Crippen LogP contribution is -2.24. The number of hydrogen-bond acceptors (Lipinski definition) is 3. The molecule has 0 saturated heterocycles. The van der Waals surface area contributed by atoms with E-state index in [1.165, 1.54) is 37.8 Å². The first-order chi connectivity index (χ1) is 9.49. The Morgan fingerprint density at radius 2 is 1.90 bits per heavy atom. The molecule has 0 aromatic heterocycles. The van der Waals surface area contributed by atoms with Crippen LogP contribution in [-0.2, 0) is 0 Å². The molecule has 1 aromatic carbocycles. The van der Waals surface area contributed by atoms with E-state index in [2.05, 4.69) is 12.2 Å². The average Bonchev–Trinajstić information content (AvgIpc) is 2.39. The molecule has 0 amide bonds. The topological polar surface area (TPSA) is 55.2 Å². The maximum absolute atomic E-state index is 10.7.